The summed E-state index contributed by atoms with van der Waals surface area (Å²) in [5.74, 6) is 3.36. The first-order chi connectivity index (χ1) is 17.3. The van der Waals surface area contributed by atoms with Gasteiger partial charge in [-0.3, -0.25) is 4.98 Å². The van der Waals surface area contributed by atoms with E-state index >= 15 is 0 Å². The molecule has 1 heterocycles. The summed E-state index contributed by atoms with van der Waals surface area (Å²) < 4.78 is 13.5. The van der Waals surface area contributed by atoms with Crippen LogP contribution in [0.2, 0.25) is 18.1 Å². The van der Waals surface area contributed by atoms with E-state index in [4.69, 9.17) is 9.16 Å². The highest BCUT2D eigenvalue weighted by atomic mass is 28.4. The third-order valence-corrected chi connectivity index (χ3v) is 16.3. The van der Waals surface area contributed by atoms with E-state index in [1.807, 2.05) is 12.3 Å². The standard InChI is InChI=1S/C33H55NO2Si/c1-24-15-17-33(7,26(20-24)21-36-37(8,9)31(3,4)5)30-16-18-32(6)25(2)13-14-29(32)28(30)23-35-22-27-12-10-11-19-34-27/h10-12,19,24,26,28-30H,2,13-18,20-23H2,1,3-9H3/t24-,26+,28-,29-,30-,32+,33-/m0/s1. The molecule has 0 saturated heterocycles. The smallest absolute Gasteiger partial charge is 0.191 e. The van der Waals surface area contributed by atoms with Crippen LogP contribution in [-0.4, -0.2) is 26.5 Å². The second-order valence-electron chi connectivity index (χ2n) is 15.0. The number of hydrogen-bond donors (Lipinski definition) is 0. The van der Waals surface area contributed by atoms with Crippen LogP contribution in [-0.2, 0) is 15.8 Å². The van der Waals surface area contributed by atoms with Gasteiger partial charge in [-0.25, -0.2) is 0 Å². The van der Waals surface area contributed by atoms with Gasteiger partial charge in [0.25, 0.3) is 0 Å². The Balaban J connectivity index is 1.58. The molecule has 3 nitrogen and oxygen atoms in total. The molecule has 1 aromatic rings. The Morgan fingerprint density at radius 2 is 1.81 bits per heavy atom. The molecule has 3 saturated carbocycles. The third-order valence-electron chi connectivity index (χ3n) is 11.8. The van der Waals surface area contributed by atoms with E-state index in [2.05, 4.69) is 78.3 Å². The zero-order valence-electron chi connectivity index (χ0n) is 25.2. The molecule has 208 valence electrons. The van der Waals surface area contributed by atoms with E-state index in [1.54, 1.807) is 0 Å². The lowest BCUT2D eigenvalue weighted by Gasteiger charge is -2.57. The zero-order valence-corrected chi connectivity index (χ0v) is 26.2. The minimum absolute atomic E-state index is 0.252. The molecule has 4 heteroatoms. The number of nitrogens with zero attached hydrogens (tertiary/aromatic N) is 1. The quantitative estimate of drug-likeness (QED) is 0.250. The maximum atomic E-state index is 6.95. The van der Waals surface area contributed by atoms with Gasteiger partial charge in [0, 0.05) is 12.8 Å². The fourth-order valence-electron chi connectivity index (χ4n) is 7.94. The highest BCUT2D eigenvalue weighted by molar-refractivity contribution is 6.74. The van der Waals surface area contributed by atoms with Crippen LogP contribution in [0.25, 0.3) is 0 Å². The molecule has 37 heavy (non-hydrogen) atoms. The van der Waals surface area contributed by atoms with Gasteiger partial charge in [-0.1, -0.05) is 66.2 Å². The van der Waals surface area contributed by atoms with Crippen molar-refractivity contribution in [3.63, 3.8) is 0 Å². The summed E-state index contributed by atoms with van der Waals surface area (Å²) in [6, 6.07) is 6.12. The highest BCUT2D eigenvalue weighted by Crippen LogP contribution is 2.64. The average Bonchev–Trinajstić information content (AvgIpc) is 3.14. The molecule has 0 bridgehead atoms. The molecule has 3 aliphatic carbocycles. The largest absolute Gasteiger partial charge is 0.417 e. The molecule has 4 rings (SSSR count). The summed E-state index contributed by atoms with van der Waals surface area (Å²) >= 11 is 0. The van der Waals surface area contributed by atoms with Gasteiger partial charge in [0.15, 0.2) is 8.32 Å². The Morgan fingerprint density at radius 1 is 1.05 bits per heavy atom. The summed E-state index contributed by atoms with van der Waals surface area (Å²) in [5, 5.41) is 0.252. The maximum Gasteiger partial charge on any atom is 0.191 e. The van der Waals surface area contributed by atoms with Crippen molar-refractivity contribution in [2.45, 2.75) is 111 Å². The fourth-order valence-corrected chi connectivity index (χ4v) is 8.99. The molecule has 3 fully saturated rings. The Morgan fingerprint density at radius 3 is 2.49 bits per heavy atom. The maximum absolute atomic E-state index is 6.95. The molecule has 0 aromatic carbocycles. The number of ether oxygens (including phenoxy) is 1. The van der Waals surface area contributed by atoms with Crippen molar-refractivity contribution in [3.8, 4) is 0 Å². The lowest BCUT2D eigenvalue weighted by Crippen LogP contribution is -2.52. The van der Waals surface area contributed by atoms with Crippen molar-refractivity contribution in [2.75, 3.05) is 13.2 Å². The number of hydrogen-bond acceptors (Lipinski definition) is 3. The molecule has 0 N–H and O–H groups in total. The normalized spacial score (nSPS) is 37.0. The second kappa shape index (κ2) is 10.9. The predicted octanol–water partition coefficient (Wildman–Crippen LogP) is 9.06. The second-order valence-corrected chi connectivity index (χ2v) is 19.8. The van der Waals surface area contributed by atoms with E-state index in [9.17, 15) is 0 Å². The first-order valence-electron chi connectivity index (χ1n) is 15.1. The van der Waals surface area contributed by atoms with Crippen LogP contribution in [0.3, 0.4) is 0 Å². The number of aromatic nitrogens is 1. The molecular formula is C33H55NO2Si. The van der Waals surface area contributed by atoms with Crippen LogP contribution < -0.4 is 0 Å². The van der Waals surface area contributed by atoms with Crippen LogP contribution in [0, 0.1) is 40.4 Å². The summed E-state index contributed by atoms with van der Waals surface area (Å²) in [7, 11) is -1.78. The van der Waals surface area contributed by atoms with E-state index in [0.29, 0.717) is 35.7 Å². The number of allylic oxidation sites excluding steroid dienone is 1. The Hall–Kier alpha value is -0.973. The van der Waals surface area contributed by atoms with Gasteiger partial charge in [-0.15, -0.1) is 0 Å². The number of pyridine rings is 1. The van der Waals surface area contributed by atoms with Crippen LogP contribution in [0.4, 0.5) is 0 Å². The number of fused-ring (bicyclic) bond motifs is 1. The fraction of sp³-hybridized carbons (Fsp3) is 0.788. The molecule has 0 amide bonds. The van der Waals surface area contributed by atoms with Crippen molar-refractivity contribution in [1.82, 2.24) is 4.98 Å². The van der Waals surface area contributed by atoms with E-state index in [0.717, 1.165) is 24.8 Å². The van der Waals surface area contributed by atoms with Gasteiger partial charge in [0.1, 0.15) is 0 Å². The Bertz CT molecular complexity index is 924. The molecule has 3 aliphatic rings. The minimum Gasteiger partial charge on any atom is -0.417 e. The topological polar surface area (TPSA) is 31.4 Å². The lowest BCUT2D eigenvalue weighted by atomic mass is 9.49. The van der Waals surface area contributed by atoms with E-state index < -0.39 is 8.32 Å². The summed E-state index contributed by atoms with van der Waals surface area (Å²) in [6.45, 7) is 26.5. The highest BCUT2D eigenvalue weighted by Gasteiger charge is 2.57. The van der Waals surface area contributed by atoms with Crippen molar-refractivity contribution in [1.29, 1.82) is 0 Å². The van der Waals surface area contributed by atoms with E-state index in [1.165, 1.54) is 50.5 Å². The first kappa shape index (κ1) is 29.0. The van der Waals surface area contributed by atoms with Gasteiger partial charge in [0.05, 0.1) is 18.9 Å². The number of rotatable bonds is 8. The Kier molecular flexibility index (Phi) is 8.54. The summed E-state index contributed by atoms with van der Waals surface area (Å²) in [4.78, 5) is 4.51. The molecule has 0 spiro atoms. The lowest BCUT2D eigenvalue weighted by molar-refractivity contribution is -0.102. The average molecular weight is 526 g/mol. The van der Waals surface area contributed by atoms with Crippen molar-refractivity contribution < 1.29 is 9.16 Å². The Labute approximate surface area is 229 Å². The van der Waals surface area contributed by atoms with Crippen LogP contribution >= 0.6 is 0 Å². The monoisotopic (exact) mass is 525 g/mol. The van der Waals surface area contributed by atoms with Gasteiger partial charge >= 0.3 is 0 Å². The SMILES string of the molecule is C=C1CC[C@H]2[C@H](COCc3ccccn3)[C@@H]([C@@]3(C)CC[C@H](C)C[C@@H]3CO[Si](C)(C)C(C)(C)C)CC[C@]12C. The van der Waals surface area contributed by atoms with Gasteiger partial charge < -0.3 is 9.16 Å². The summed E-state index contributed by atoms with van der Waals surface area (Å²) in [6.07, 6.45) is 10.9. The van der Waals surface area contributed by atoms with E-state index in [-0.39, 0.29) is 10.5 Å². The van der Waals surface area contributed by atoms with Crippen LogP contribution in [0.15, 0.2) is 36.5 Å². The van der Waals surface area contributed by atoms with Gasteiger partial charge in [0.2, 0.25) is 0 Å². The van der Waals surface area contributed by atoms with Crippen LogP contribution in [0.1, 0.15) is 92.2 Å². The zero-order chi connectivity index (χ0) is 27.1. The minimum atomic E-state index is -1.78. The van der Waals surface area contributed by atoms with Crippen LogP contribution in [0.5, 0.6) is 0 Å². The molecule has 0 radical (unpaired) electrons. The molecule has 0 aliphatic heterocycles. The van der Waals surface area contributed by atoms with Gasteiger partial charge in [-0.05, 0) is 109 Å². The predicted molar refractivity (Wildman–Crippen MR) is 158 cm³/mol. The van der Waals surface area contributed by atoms with Crippen molar-refractivity contribution in [3.05, 3.63) is 42.2 Å². The van der Waals surface area contributed by atoms with Crippen molar-refractivity contribution in [2.24, 2.45) is 40.4 Å². The van der Waals surface area contributed by atoms with Crippen molar-refractivity contribution >= 4 is 8.32 Å². The molecule has 0 unspecified atom stereocenters. The van der Waals surface area contributed by atoms with Gasteiger partial charge in [-0.2, -0.15) is 0 Å². The summed E-state index contributed by atoms with van der Waals surface area (Å²) in [5.41, 5.74) is 3.11. The molecular weight excluding hydrogens is 470 g/mol. The molecule has 1 aromatic heterocycles. The third kappa shape index (κ3) is 5.82. The molecule has 7 atom stereocenters. The first-order valence-corrected chi connectivity index (χ1v) is 18.0.